The summed E-state index contributed by atoms with van der Waals surface area (Å²) in [5, 5.41) is 0. The van der Waals surface area contributed by atoms with Gasteiger partial charge in [-0.2, -0.15) is 0 Å². The molecule has 0 saturated carbocycles. The molecule has 2 heterocycles. The van der Waals surface area contributed by atoms with E-state index in [0.29, 0.717) is 24.2 Å². The van der Waals surface area contributed by atoms with Crippen LogP contribution in [-0.2, 0) is 14.3 Å². The van der Waals surface area contributed by atoms with Gasteiger partial charge in [0, 0.05) is 26.6 Å². The number of carbonyl (C=O) groups excluding carboxylic acids is 1. The van der Waals surface area contributed by atoms with Crippen LogP contribution in [0.25, 0.3) is 0 Å². The van der Waals surface area contributed by atoms with Crippen molar-refractivity contribution in [3.63, 3.8) is 0 Å². The van der Waals surface area contributed by atoms with Crippen molar-refractivity contribution in [3.05, 3.63) is 47.7 Å². The van der Waals surface area contributed by atoms with Crippen LogP contribution in [0.2, 0.25) is 0 Å². The predicted molar refractivity (Wildman–Crippen MR) is 98.7 cm³/mol. The second kappa shape index (κ2) is 9.01. The number of aryl methyl sites for hydroxylation is 1. The standard InChI is InChI=1S/C20H26N2O5/c1-14(16-4-6-17(7-5-16)27-13-20(23)24-3)10-22-8-9-25-19(11-22)18-12-26-15(2)21-18/h4-7,12,14,19H,8-11,13H2,1-3H3. The van der Waals surface area contributed by atoms with E-state index in [4.69, 9.17) is 13.9 Å². The third-order valence-electron chi connectivity index (χ3n) is 4.68. The molecule has 1 aliphatic heterocycles. The average Bonchev–Trinajstić information content (AvgIpc) is 3.13. The molecule has 1 saturated heterocycles. The Hall–Kier alpha value is -2.38. The van der Waals surface area contributed by atoms with Crippen LogP contribution < -0.4 is 4.74 Å². The number of rotatable bonds is 7. The predicted octanol–water partition coefficient (Wildman–Crippen LogP) is 2.71. The summed E-state index contributed by atoms with van der Waals surface area (Å²) in [6.45, 7) is 7.28. The van der Waals surface area contributed by atoms with Gasteiger partial charge in [0.25, 0.3) is 0 Å². The molecular formula is C20H26N2O5. The lowest BCUT2D eigenvalue weighted by molar-refractivity contribution is -0.142. The van der Waals surface area contributed by atoms with Crippen LogP contribution in [0, 0.1) is 6.92 Å². The zero-order valence-electron chi connectivity index (χ0n) is 16.0. The molecule has 0 aliphatic carbocycles. The number of hydrogen-bond acceptors (Lipinski definition) is 7. The fourth-order valence-electron chi connectivity index (χ4n) is 3.16. The Balaban J connectivity index is 1.53. The average molecular weight is 374 g/mol. The van der Waals surface area contributed by atoms with Crippen LogP contribution in [0.1, 0.15) is 36.1 Å². The maximum atomic E-state index is 11.1. The first-order chi connectivity index (χ1) is 13.0. The molecule has 0 radical (unpaired) electrons. The highest BCUT2D eigenvalue weighted by molar-refractivity contribution is 5.70. The molecule has 2 atom stereocenters. The van der Waals surface area contributed by atoms with Gasteiger partial charge in [0.15, 0.2) is 12.5 Å². The van der Waals surface area contributed by atoms with E-state index in [0.717, 1.165) is 25.3 Å². The Kier molecular flexibility index (Phi) is 6.47. The second-order valence-electron chi connectivity index (χ2n) is 6.75. The van der Waals surface area contributed by atoms with Gasteiger partial charge in [-0.15, -0.1) is 0 Å². The smallest absolute Gasteiger partial charge is 0.343 e. The largest absolute Gasteiger partial charge is 0.482 e. The number of ether oxygens (including phenoxy) is 3. The molecule has 7 heteroatoms. The van der Waals surface area contributed by atoms with Crippen LogP contribution in [0.5, 0.6) is 5.75 Å². The molecule has 0 N–H and O–H groups in total. The molecule has 146 valence electrons. The summed E-state index contributed by atoms with van der Waals surface area (Å²) in [7, 11) is 1.34. The topological polar surface area (TPSA) is 74.0 Å². The first-order valence-electron chi connectivity index (χ1n) is 9.10. The fourth-order valence-corrected chi connectivity index (χ4v) is 3.16. The van der Waals surface area contributed by atoms with E-state index in [1.165, 1.54) is 12.7 Å². The van der Waals surface area contributed by atoms with Gasteiger partial charge < -0.3 is 18.6 Å². The third-order valence-corrected chi connectivity index (χ3v) is 4.68. The molecule has 1 aromatic carbocycles. The Morgan fingerprint density at radius 1 is 1.37 bits per heavy atom. The van der Waals surface area contributed by atoms with Crippen molar-refractivity contribution in [1.29, 1.82) is 0 Å². The summed E-state index contributed by atoms with van der Waals surface area (Å²) in [6, 6.07) is 7.84. The number of oxazole rings is 1. The van der Waals surface area contributed by atoms with Gasteiger partial charge in [0.2, 0.25) is 0 Å². The number of nitrogens with zero attached hydrogens (tertiary/aromatic N) is 2. The maximum absolute atomic E-state index is 11.1. The Morgan fingerprint density at radius 3 is 2.81 bits per heavy atom. The van der Waals surface area contributed by atoms with E-state index in [9.17, 15) is 4.79 Å². The van der Waals surface area contributed by atoms with Gasteiger partial charge in [-0.3, -0.25) is 4.90 Å². The Bertz CT molecular complexity index is 743. The molecule has 27 heavy (non-hydrogen) atoms. The highest BCUT2D eigenvalue weighted by Crippen LogP contribution is 2.25. The minimum absolute atomic E-state index is 0.0440. The van der Waals surface area contributed by atoms with E-state index >= 15 is 0 Å². The number of carbonyl (C=O) groups is 1. The summed E-state index contributed by atoms with van der Waals surface area (Å²) in [4.78, 5) is 17.9. The number of benzene rings is 1. The number of morpholine rings is 1. The summed E-state index contributed by atoms with van der Waals surface area (Å²) in [5.74, 6) is 1.28. The molecule has 0 bridgehead atoms. The van der Waals surface area contributed by atoms with Crippen molar-refractivity contribution in [2.75, 3.05) is 40.0 Å². The van der Waals surface area contributed by atoms with E-state index < -0.39 is 5.97 Å². The van der Waals surface area contributed by atoms with Crippen molar-refractivity contribution >= 4 is 5.97 Å². The highest BCUT2D eigenvalue weighted by atomic mass is 16.6. The summed E-state index contributed by atoms with van der Waals surface area (Å²) < 4.78 is 21.1. The quantitative estimate of drug-likeness (QED) is 0.690. The first-order valence-corrected chi connectivity index (χ1v) is 9.10. The molecule has 1 aromatic heterocycles. The number of esters is 1. The first kappa shape index (κ1) is 19.4. The van der Waals surface area contributed by atoms with Crippen LogP contribution in [0.3, 0.4) is 0 Å². The molecule has 2 unspecified atom stereocenters. The molecular weight excluding hydrogens is 348 g/mol. The van der Waals surface area contributed by atoms with Gasteiger partial charge in [-0.1, -0.05) is 19.1 Å². The number of hydrogen-bond donors (Lipinski definition) is 0. The number of methoxy groups -OCH3 is 1. The minimum atomic E-state index is -0.392. The molecule has 7 nitrogen and oxygen atoms in total. The van der Waals surface area contributed by atoms with E-state index in [2.05, 4.69) is 21.5 Å². The van der Waals surface area contributed by atoms with Crippen molar-refractivity contribution < 1.29 is 23.4 Å². The molecule has 3 rings (SSSR count). The van der Waals surface area contributed by atoms with Gasteiger partial charge in [-0.25, -0.2) is 9.78 Å². The van der Waals surface area contributed by atoms with E-state index in [1.54, 1.807) is 6.26 Å². The summed E-state index contributed by atoms with van der Waals surface area (Å²) in [5.41, 5.74) is 2.08. The molecule has 0 spiro atoms. The van der Waals surface area contributed by atoms with Gasteiger partial charge in [0.1, 0.15) is 23.8 Å². The molecule has 1 aliphatic rings. The molecule has 0 amide bonds. The second-order valence-corrected chi connectivity index (χ2v) is 6.75. The van der Waals surface area contributed by atoms with Gasteiger partial charge in [0.05, 0.1) is 13.7 Å². The van der Waals surface area contributed by atoms with Crippen molar-refractivity contribution in [2.24, 2.45) is 0 Å². The monoisotopic (exact) mass is 374 g/mol. The lowest BCUT2D eigenvalue weighted by Gasteiger charge is -2.33. The van der Waals surface area contributed by atoms with Crippen molar-refractivity contribution in [1.82, 2.24) is 9.88 Å². The van der Waals surface area contributed by atoms with Gasteiger partial charge >= 0.3 is 5.97 Å². The summed E-state index contributed by atoms with van der Waals surface area (Å²) in [6.07, 6.45) is 1.64. The highest BCUT2D eigenvalue weighted by Gasteiger charge is 2.25. The third kappa shape index (κ3) is 5.30. The molecule has 1 fully saturated rings. The lowest BCUT2D eigenvalue weighted by atomic mass is 10.00. The fraction of sp³-hybridized carbons (Fsp3) is 0.500. The van der Waals surface area contributed by atoms with Gasteiger partial charge in [-0.05, 0) is 23.6 Å². The molecule has 2 aromatic rings. The van der Waals surface area contributed by atoms with Crippen LogP contribution in [0.4, 0.5) is 0 Å². The zero-order valence-corrected chi connectivity index (χ0v) is 16.0. The normalized spacial score (nSPS) is 18.9. The Labute approximate surface area is 159 Å². The Morgan fingerprint density at radius 2 is 2.15 bits per heavy atom. The van der Waals surface area contributed by atoms with Crippen LogP contribution in [0.15, 0.2) is 34.9 Å². The maximum Gasteiger partial charge on any atom is 0.343 e. The SMILES string of the molecule is COC(=O)COc1ccc(C(C)CN2CCOC(c3coc(C)n3)C2)cc1. The minimum Gasteiger partial charge on any atom is -0.482 e. The van der Waals surface area contributed by atoms with Crippen LogP contribution in [-0.4, -0.2) is 55.8 Å². The van der Waals surface area contributed by atoms with Crippen molar-refractivity contribution in [2.45, 2.75) is 25.9 Å². The lowest BCUT2D eigenvalue weighted by Crippen LogP contribution is -2.40. The van der Waals surface area contributed by atoms with Crippen LogP contribution >= 0.6 is 0 Å². The van der Waals surface area contributed by atoms with E-state index in [-0.39, 0.29) is 12.7 Å². The zero-order chi connectivity index (χ0) is 19.2. The number of aromatic nitrogens is 1. The van der Waals surface area contributed by atoms with E-state index in [1.807, 2.05) is 31.2 Å². The summed E-state index contributed by atoms with van der Waals surface area (Å²) >= 11 is 0. The van der Waals surface area contributed by atoms with Crippen molar-refractivity contribution in [3.8, 4) is 5.75 Å².